The van der Waals surface area contributed by atoms with Gasteiger partial charge in [-0.25, -0.2) is 9.79 Å². The van der Waals surface area contributed by atoms with Crippen LogP contribution in [-0.4, -0.2) is 21.7 Å². The lowest BCUT2D eigenvalue weighted by Crippen LogP contribution is -2.39. The van der Waals surface area contributed by atoms with Gasteiger partial charge in [0.25, 0.3) is 5.56 Å². The van der Waals surface area contributed by atoms with Gasteiger partial charge in [0, 0.05) is 25.7 Å². The molecule has 0 bridgehead atoms. The predicted octanol–water partition coefficient (Wildman–Crippen LogP) is 5.46. The van der Waals surface area contributed by atoms with Gasteiger partial charge in [0.15, 0.2) is 4.80 Å². The van der Waals surface area contributed by atoms with Gasteiger partial charge in [-0.05, 0) is 110 Å². The fourth-order valence-electron chi connectivity index (χ4n) is 4.81. The fraction of sp³-hybridized carbons (Fsp3) is 0.207. The van der Waals surface area contributed by atoms with Crippen molar-refractivity contribution >= 4 is 57.6 Å². The zero-order valence-electron chi connectivity index (χ0n) is 21.3. The van der Waals surface area contributed by atoms with Gasteiger partial charge in [-0.2, -0.15) is 0 Å². The van der Waals surface area contributed by atoms with E-state index in [-0.39, 0.29) is 12.2 Å². The van der Waals surface area contributed by atoms with Crippen molar-refractivity contribution in [3.8, 4) is 5.69 Å². The van der Waals surface area contributed by atoms with E-state index in [0.29, 0.717) is 25.6 Å². The molecule has 0 saturated carbocycles. The topological polar surface area (TPSA) is 65.6 Å². The van der Waals surface area contributed by atoms with Crippen LogP contribution in [0.3, 0.4) is 0 Å². The number of fused-ring (bicyclic) bond motifs is 1. The first kappa shape index (κ1) is 26.6. The number of benzene rings is 2. The summed E-state index contributed by atoms with van der Waals surface area (Å²) in [7, 11) is 0. The maximum atomic E-state index is 13.9. The molecule has 194 valence electrons. The van der Waals surface area contributed by atoms with Crippen LogP contribution in [-0.2, 0) is 9.53 Å². The maximum absolute atomic E-state index is 13.9. The van der Waals surface area contributed by atoms with Crippen molar-refractivity contribution in [1.29, 1.82) is 0 Å². The molecule has 0 aliphatic carbocycles. The monoisotopic (exact) mass is 657 g/mol. The van der Waals surface area contributed by atoms with Crippen LogP contribution in [0.1, 0.15) is 42.4 Å². The molecule has 0 spiro atoms. The number of rotatable bonds is 5. The quantitative estimate of drug-likeness (QED) is 0.212. The van der Waals surface area contributed by atoms with E-state index in [0.717, 1.165) is 28.2 Å². The SMILES string of the molecule is CCOC(=O)C1=C(C)N=c2s/c(=C\c3cc(C)n(-c4ccc(I)cc4)c3C)c(=O)n2[C@H]1c1ccc(Cl)cc1. The molecule has 9 heteroatoms. The van der Waals surface area contributed by atoms with E-state index in [9.17, 15) is 9.59 Å². The number of carbonyl (C=O) groups is 1. The third-order valence-electron chi connectivity index (χ3n) is 6.54. The van der Waals surface area contributed by atoms with E-state index >= 15 is 0 Å². The van der Waals surface area contributed by atoms with Gasteiger partial charge in [-0.1, -0.05) is 35.1 Å². The Morgan fingerprint density at radius 3 is 2.47 bits per heavy atom. The molecule has 0 saturated heterocycles. The van der Waals surface area contributed by atoms with Gasteiger partial charge in [-0.3, -0.25) is 9.36 Å². The molecular formula is C29H25ClIN3O3S. The van der Waals surface area contributed by atoms with Crippen LogP contribution in [0.4, 0.5) is 0 Å². The minimum absolute atomic E-state index is 0.206. The Hall–Kier alpha value is -2.95. The third kappa shape index (κ3) is 4.81. The number of allylic oxidation sites excluding steroid dienone is 1. The zero-order valence-corrected chi connectivity index (χ0v) is 25.0. The van der Waals surface area contributed by atoms with Crippen molar-refractivity contribution in [2.24, 2.45) is 4.99 Å². The number of ether oxygens (including phenoxy) is 1. The number of carbonyl (C=O) groups excluding carboxylic acids is 1. The molecular weight excluding hydrogens is 633 g/mol. The summed E-state index contributed by atoms with van der Waals surface area (Å²) in [5.74, 6) is -0.482. The molecule has 0 fully saturated rings. The van der Waals surface area contributed by atoms with E-state index in [4.69, 9.17) is 16.3 Å². The normalized spacial score (nSPS) is 15.4. The predicted molar refractivity (Wildman–Crippen MR) is 160 cm³/mol. The highest BCUT2D eigenvalue weighted by atomic mass is 127. The molecule has 0 unspecified atom stereocenters. The number of thiazole rings is 1. The average Bonchev–Trinajstić information content (AvgIpc) is 3.34. The number of hydrogen-bond acceptors (Lipinski definition) is 5. The molecule has 1 aliphatic rings. The Balaban J connectivity index is 1.68. The third-order valence-corrected chi connectivity index (χ3v) is 8.50. The second kappa shape index (κ2) is 10.7. The maximum Gasteiger partial charge on any atom is 0.338 e. The summed E-state index contributed by atoms with van der Waals surface area (Å²) in [6.45, 7) is 7.87. The minimum atomic E-state index is -0.663. The van der Waals surface area contributed by atoms with E-state index in [1.807, 2.05) is 25.1 Å². The van der Waals surface area contributed by atoms with Crippen molar-refractivity contribution in [3.05, 3.63) is 117 Å². The van der Waals surface area contributed by atoms with Crippen LogP contribution in [0, 0.1) is 17.4 Å². The van der Waals surface area contributed by atoms with Crippen LogP contribution in [0.25, 0.3) is 11.8 Å². The molecule has 38 heavy (non-hydrogen) atoms. The van der Waals surface area contributed by atoms with Gasteiger partial charge >= 0.3 is 5.97 Å². The summed E-state index contributed by atoms with van der Waals surface area (Å²) < 4.78 is 10.8. The zero-order chi connectivity index (χ0) is 27.1. The Morgan fingerprint density at radius 2 is 1.82 bits per heavy atom. The summed E-state index contributed by atoms with van der Waals surface area (Å²) in [6, 6.07) is 16.9. The van der Waals surface area contributed by atoms with Crippen LogP contribution >= 0.6 is 45.5 Å². The number of halogens is 2. The first-order chi connectivity index (χ1) is 18.2. The average molecular weight is 658 g/mol. The lowest BCUT2D eigenvalue weighted by Gasteiger charge is -2.24. The highest BCUT2D eigenvalue weighted by molar-refractivity contribution is 14.1. The number of esters is 1. The number of aromatic nitrogens is 2. The Labute approximate surface area is 242 Å². The van der Waals surface area contributed by atoms with Gasteiger partial charge in [0.1, 0.15) is 0 Å². The van der Waals surface area contributed by atoms with Crippen molar-refractivity contribution in [3.63, 3.8) is 0 Å². The summed E-state index contributed by atoms with van der Waals surface area (Å²) in [5, 5.41) is 0.572. The van der Waals surface area contributed by atoms with Crippen LogP contribution in [0.15, 0.2) is 75.7 Å². The molecule has 4 aromatic rings. The van der Waals surface area contributed by atoms with E-state index < -0.39 is 12.0 Å². The molecule has 5 rings (SSSR count). The van der Waals surface area contributed by atoms with Crippen LogP contribution in [0.2, 0.25) is 5.02 Å². The van der Waals surface area contributed by atoms with Gasteiger partial charge in [0.2, 0.25) is 0 Å². The summed E-state index contributed by atoms with van der Waals surface area (Å²) >= 11 is 9.75. The molecule has 1 aliphatic heterocycles. The second-order valence-electron chi connectivity index (χ2n) is 8.99. The highest BCUT2D eigenvalue weighted by Crippen LogP contribution is 2.31. The molecule has 3 heterocycles. The number of nitrogens with zero attached hydrogens (tertiary/aromatic N) is 3. The van der Waals surface area contributed by atoms with Gasteiger partial charge in [0.05, 0.1) is 28.5 Å². The second-order valence-corrected chi connectivity index (χ2v) is 11.7. The summed E-state index contributed by atoms with van der Waals surface area (Å²) in [4.78, 5) is 32.1. The van der Waals surface area contributed by atoms with Crippen molar-refractivity contribution in [2.45, 2.75) is 33.7 Å². The molecule has 0 radical (unpaired) electrons. The Bertz CT molecular complexity index is 1760. The number of hydrogen-bond donors (Lipinski definition) is 0. The first-order valence-electron chi connectivity index (χ1n) is 12.1. The van der Waals surface area contributed by atoms with E-state index in [2.05, 4.69) is 69.4 Å². The van der Waals surface area contributed by atoms with Crippen LogP contribution in [0.5, 0.6) is 0 Å². The van der Waals surface area contributed by atoms with E-state index in [1.165, 1.54) is 14.9 Å². The van der Waals surface area contributed by atoms with Crippen LogP contribution < -0.4 is 14.9 Å². The molecule has 0 amide bonds. The minimum Gasteiger partial charge on any atom is -0.463 e. The van der Waals surface area contributed by atoms with Crippen molar-refractivity contribution in [1.82, 2.24) is 9.13 Å². The molecule has 2 aromatic carbocycles. The molecule has 0 N–H and O–H groups in total. The Morgan fingerprint density at radius 1 is 1.13 bits per heavy atom. The lowest BCUT2D eigenvalue weighted by molar-refractivity contribution is -0.139. The highest BCUT2D eigenvalue weighted by Gasteiger charge is 2.33. The van der Waals surface area contributed by atoms with Gasteiger partial charge < -0.3 is 9.30 Å². The van der Waals surface area contributed by atoms with Crippen molar-refractivity contribution in [2.75, 3.05) is 6.61 Å². The van der Waals surface area contributed by atoms with Gasteiger partial charge in [-0.15, -0.1) is 0 Å². The Kier molecular flexibility index (Phi) is 7.48. The molecule has 1 atom stereocenters. The fourth-order valence-corrected chi connectivity index (χ4v) is 6.34. The van der Waals surface area contributed by atoms with E-state index in [1.54, 1.807) is 30.5 Å². The summed E-state index contributed by atoms with van der Waals surface area (Å²) in [5.41, 5.74) is 5.57. The van der Waals surface area contributed by atoms with Crippen molar-refractivity contribution < 1.29 is 9.53 Å². The first-order valence-corrected chi connectivity index (χ1v) is 14.4. The molecule has 2 aromatic heterocycles. The smallest absolute Gasteiger partial charge is 0.338 e. The summed E-state index contributed by atoms with van der Waals surface area (Å²) in [6.07, 6.45) is 1.91. The standard InChI is InChI=1S/C29H25ClIN3O3S/c1-5-37-28(36)25-17(3)32-29-34(26(25)19-6-8-21(30)9-7-19)27(35)24(38-29)15-20-14-16(2)33(18(20)4)23-12-10-22(31)11-13-23/h6-15,26H,5H2,1-4H3/b24-15-/t26-/m0/s1. The lowest BCUT2D eigenvalue weighted by atomic mass is 9.96. The number of aryl methyl sites for hydroxylation is 1. The largest absolute Gasteiger partial charge is 0.463 e. The molecule has 6 nitrogen and oxygen atoms in total.